The standard InChI is InChI=1S/C8H15N3/c1-6(2)7(9-3)8-10-4-5-11-8/h4-7,9H,1-3H3,(H,10,11). The van der Waals surface area contributed by atoms with Crippen molar-refractivity contribution in [2.75, 3.05) is 7.05 Å². The van der Waals surface area contributed by atoms with E-state index in [0.717, 1.165) is 5.82 Å². The van der Waals surface area contributed by atoms with Gasteiger partial charge >= 0.3 is 0 Å². The second kappa shape index (κ2) is 3.53. The van der Waals surface area contributed by atoms with E-state index in [-0.39, 0.29) is 0 Å². The Kier molecular flexibility index (Phi) is 2.65. The second-order valence-electron chi connectivity index (χ2n) is 2.98. The van der Waals surface area contributed by atoms with Gasteiger partial charge in [0.15, 0.2) is 0 Å². The van der Waals surface area contributed by atoms with Crippen LogP contribution in [-0.4, -0.2) is 17.0 Å². The molecule has 1 rings (SSSR count). The summed E-state index contributed by atoms with van der Waals surface area (Å²) >= 11 is 0. The van der Waals surface area contributed by atoms with Crippen LogP contribution in [0.5, 0.6) is 0 Å². The average molecular weight is 153 g/mol. The van der Waals surface area contributed by atoms with Crippen molar-refractivity contribution in [2.24, 2.45) is 5.92 Å². The summed E-state index contributed by atoms with van der Waals surface area (Å²) in [5, 5.41) is 3.21. The van der Waals surface area contributed by atoms with Gasteiger partial charge in [-0.2, -0.15) is 0 Å². The monoisotopic (exact) mass is 153 g/mol. The molecule has 1 atom stereocenters. The molecule has 1 heterocycles. The molecule has 0 aliphatic rings. The van der Waals surface area contributed by atoms with Crippen molar-refractivity contribution in [1.29, 1.82) is 0 Å². The number of nitrogens with one attached hydrogen (secondary N) is 2. The van der Waals surface area contributed by atoms with Crippen LogP contribution in [0, 0.1) is 5.92 Å². The van der Waals surface area contributed by atoms with Crippen LogP contribution >= 0.6 is 0 Å². The van der Waals surface area contributed by atoms with Crippen molar-refractivity contribution in [3.8, 4) is 0 Å². The Morgan fingerprint density at radius 2 is 2.27 bits per heavy atom. The first-order valence-electron chi connectivity index (χ1n) is 3.92. The van der Waals surface area contributed by atoms with E-state index in [0.29, 0.717) is 12.0 Å². The van der Waals surface area contributed by atoms with Crippen molar-refractivity contribution in [2.45, 2.75) is 19.9 Å². The number of rotatable bonds is 3. The third kappa shape index (κ3) is 1.80. The number of nitrogens with zero attached hydrogens (tertiary/aromatic N) is 1. The predicted molar refractivity (Wildman–Crippen MR) is 45.2 cm³/mol. The maximum absolute atomic E-state index is 4.19. The quantitative estimate of drug-likeness (QED) is 0.687. The summed E-state index contributed by atoms with van der Waals surface area (Å²) < 4.78 is 0. The van der Waals surface area contributed by atoms with Crippen LogP contribution in [0.25, 0.3) is 0 Å². The van der Waals surface area contributed by atoms with E-state index in [1.165, 1.54) is 0 Å². The van der Waals surface area contributed by atoms with Crippen molar-refractivity contribution in [1.82, 2.24) is 15.3 Å². The molecule has 0 aliphatic carbocycles. The van der Waals surface area contributed by atoms with Gasteiger partial charge in [-0.25, -0.2) is 4.98 Å². The zero-order chi connectivity index (χ0) is 8.27. The Balaban J connectivity index is 2.71. The first-order chi connectivity index (χ1) is 5.25. The minimum absolute atomic E-state index is 0.338. The largest absolute Gasteiger partial charge is 0.347 e. The summed E-state index contributed by atoms with van der Waals surface area (Å²) in [5.41, 5.74) is 0. The smallest absolute Gasteiger partial charge is 0.123 e. The van der Waals surface area contributed by atoms with E-state index in [2.05, 4.69) is 29.1 Å². The molecule has 0 amide bonds. The Morgan fingerprint density at radius 3 is 2.64 bits per heavy atom. The van der Waals surface area contributed by atoms with Gasteiger partial charge in [0.2, 0.25) is 0 Å². The van der Waals surface area contributed by atoms with Gasteiger partial charge in [0, 0.05) is 12.4 Å². The summed E-state index contributed by atoms with van der Waals surface area (Å²) in [4.78, 5) is 7.29. The molecule has 11 heavy (non-hydrogen) atoms. The maximum Gasteiger partial charge on any atom is 0.123 e. The summed E-state index contributed by atoms with van der Waals surface area (Å²) in [5.74, 6) is 1.58. The summed E-state index contributed by atoms with van der Waals surface area (Å²) in [7, 11) is 1.95. The van der Waals surface area contributed by atoms with Gasteiger partial charge in [-0.3, -0.25) is 0 Å². The normalized spacial score (nSPS) is 13.8. The Hall–Kier alpha value is -0.830. The molecule has 0 saturated carbocycles. The molecule has 3 nitrogen and oxygen atoms in total. The fourth-order valence-corrected chi connectivity index (χ4v) is 1.23. The van der Waals surface area contributed by atoms with Crippen LogP contribution in [-0.2, 0) is 0 Å². The second-order valence-corrected chi connectivity index (χ2v) is 2.98. The molecule has 0 aromatic carbocycles. The van der Waals surface area contributed by atoms with Gasteiger partial charge < -0.3 is 10.3 Å². The minimum Gasteiger partial charge on any atom is -0.347 e. The zero-order valence-electron chi connectivity index (χ0n) is 7.26. The first-order valence-corrected chi connectivity index (χ1v) is 3.92. The summed E-state index contributed by atoms with van der Waals surface area (Å²) in [6.45, 7) is 4.34. The number of hydrogen-bond acceptors (Lipinski definition) is 2. The van der Waals surface area contributed by atoms with Gasteiger partial charge in [-0.1, -0.05) is 13.8 Å². The van der Waals surface area contributed by atoms with E-state index in [4.69, 9.17) is 0 Å². The molecule has 1 aromatic heterocycles. The van der Waals surface area contributed by atoms with Crippen molar-refractivity contribution < 1.29 is 0 Å². The molecule has 0 fully saturated rings. The van der Waals surface area contributed by atoms with Gasteiger partial charge in [-0.05, 0) is 13.0 Å². The van der Waals surface area contributed by atoms with E-state index in [1.807, 2.05) is 13.2 Å². The highest BCUT2D eigenvalue weighted by Gasteiger charge is 2.14. The molecule has 0 saturated heterocycles. The average Bonchev–Trinajstić information content (AvgIpc) is 2.40. The van der Waals surface area contributed by atoms with Crippen molar-refractivity contribution >= 4 is 0 Å². The fraction of sp³-hybridized carbons (Fsp3) is 0.625. The van der Waals surface area contributed by atoms with Gasteiger partial charge in [0.25, 0.3) is 0 Å². The maximum atomic E-state index is 4.19. The van der Waals surface area contributed by atoms with E-state index >= 15 is 0 Å². The van der Waals surface area contributed by atoms with Crippen molar-refractivity contribution in [3.63, 3.8) is 0 Å². The third-order valence-electron chi connectivity index (χ3n) is 1.79. The van der Waals surface area contributed by atoms with Gasteiger partial charge in [-0.15, -0.1) is 0 Å². The van der Waals surface area contributed by atoms with Crippen LogP contribution in [0.4, 0.5) is 0 Å². The lowest BCUT2D eigenvalue weighted by Gasteiger charge is -2.16. The van der Waals surface area contributed by atoms with Crippen LogP contribution in [0.3, 0.4) is 0 Å². The Morgan fingerprint density at radius 1 is 1.55 bits per heavy atom. The van der Waals surface area contributed by atoms with Crippen LogP contribution in [0.1, 0.15) is 25.7 Å². The molecule has 1 aromatic rings. The Labute approximate surface area is 67.2 Å². The first kappa shape index (κ1) is 8.27. The molecule has 3 heteroatoms. The number of H-pyrrole nitrogens is 1. The Bertz CT molecular complexity index is 191. The van der Waals surface area contributed by atoms with Crippen molar-refractivity contribution in [3.05, 3.63) is 18.2 Å². The van der Waals surface area contributed by atoms with E-state index < -0.39 is 0 Å². The summed E-state index contributed by atoms with van der Waals surface area (Å²) in [6, 6.07) is 0.338. The lowest BCUT2D eigenvalue weighted by molar-refractivity contribution is 0.425. The zero-order valence-corrected chi connectivity index (χ0v) is 7.26. The molecular weight excluding hydrogens is 138 g/mol. The third-order valence-corrected chi connectivity index (χ3v) is 1.79. The molecule has 2 N–H and O–H groups in total. The number of imidazole rings is 1. The predicted octanol–water partition coefficient (Wildman–Crippen LogP) is 1.33. The molecule has 1 unspecified atom stereocenters. The minimum atomic E-state index is 0.338. The molecular formula is C8H15N3. The van der Waals surface area contributed by atoms with Gasteiger partial charge in [0.1, 0.15) is 5.82 Å². The van der Waals surface area contributed by atoms with Crippen LogP contribution in [0.15, 0.2) is 12.4 Å². The fourth-order valence-electron chi connectivity index (χ4n) is 1.23. The van der Waals surface area contributed by atoms with E-state index in [9.17, 15) is 0 Å². The molecule has 62 valence electrons. The molecule has 0 bridgehead atoms. The topological polar surface area (TPSA) is 40.7 Å². The van der Waals surface area contributed by atoms with Gasteiger partial charge in [0.05, 0.1) is 6.04 Å². The molecule has 0 aliphatic heterocycles. The highest BCUT2D eigenvalue weighted by molar-refractivity contribution is 4.96. The lowest BCUT2D eigenvalue weighted by atomic mass is 10.0. The highest BCUT2D eigenvalue weighted by atomic mass is 15.0. The lowest BCUT2D eigenvalue weighted by Crippen LogP contribution is -2.22. The van der Waals surface area contributed by atoms with E-state index in [1.54, 1.807) is 6.20 Å². The van der Waals surface area contributed by atoms with Crippen LogP contribution < -0.4 is 5.32 Å². The summed E-state index contributed by atoms with van der Waals surface area (Å²) in [6.07, 6.45) is 3.63. The van der Waals surface area contributed by atoms with Crippen LogP contribution in [0.2, 0.25) is 0 Å². The molecule has 0 spiro atoms. The molecule has 0 radical (unpaired) electrons. The number of aromatic nitrogens is 2. The SMILES string of the molecule is CNC(c1ncc[nH]1)C(C)C. The highest BCUT2D eigenvalue weighted by Crippen LogP contribution is 2.16. The number of aromatic amines is 1. The number of hydrogen-bond donors (Lipinski definition) is 2.